The molecule has 1 aliphatic rings. The van der Waals surface area contributed by atoms with Gasteiger partial charge in [0.2, 0.25) is 5.91 Å². The first-order valence-corrected chi connectivity index (χ1v) is 6.10. The van der Waals surface area contributed by atoms with E-state index in [1.165, 1.54) is 4.88 Å². The maximum atomic E-state index is 11.7. The molecule has 0 unspecified atom stereocenters. The van der Waals surface area contributed by atoms with E-state index < -0.39 is 0 Å². The van der Waals surface area contributed by atoms with Crippen molar-refractivity contribution in [2.45, 2.75) is 31.9 Å². The summed E-state index contributed by atoms with van der Waals surface area (Å²) < 4.78 is 5.32. The molecule has 0 radical (unpaired) electrons. The predicted molar refractivity (Wildman–Crippen MR) is 59.9 cm³/mol. The lowest BCUT2D eigenvalue weighted by Gasteiger charge is -2.15. The molecule has 82 valence electrons. The van der Waals surface area contributed by atoms with E-state index in [9.17, 15) is 4.79 Å². The summed E-state index contributed by atoms with van der Waals surface area (Å²) >= 11 is 1.66. The molecule has 0 spiro atoms. The van der Waals surface area contributed by atoms with Crippen LogP contribution in [0.3, 0.4) is 0 Å². The lowest BCUT2D eigenvalue weighted by Crippen LogP contribution is -2.35. The van der Waals surface area contributed by atoms with Gasteiger partial charge in [-0.25, -0.2) is 0 Å². The fraction of sp³-hybridized carbons (Fsp3) is 0.545. The number of nitrogens with one attached hydrogen (secondary N) is 1. The summed E-state index contributed by atoms with van der Waals surface area (Å²) in [7, 11) is 0. The van der Waals surface area contributed by atoms with Crippen LogP contribution < -0.4 is 5.32 Å². The van der Waals surface area contributed by atoms with Gasteiger partial charge in [0.25, 0.3) is 0 Å². The maximum Gasteiger partial charge on any atom is 0.249 e. The number of hydrogen-bond acceptors (Lipinski definition) is 3. The number of ether oxygens (including phenoxy) is 1. The molecule has 1 saturated heterocycles. The molecule has 2 rings (SSSR count). The normalized spacial score (nSPS) is 22.6. The summed E-state index contributed by atoms with van der Waals surface area (Å²) in [6.45, 7) is 2.71. The molecule has 2 atom stereocenters. The third-order valence-electron chi connectivity index (χ3n) is 2.55. The molecule has 1 fully saturated rings. The van der Waals surface area contributed by atoms with Crippen molar-refractivity contribution in [1.29, 1.82) is 0 Å². The highest BCUT2D eigenvalue weighted by Gasteiger charge is 2.24. The van der Waals surface area contributed by atoms with Gasteiger partial charge in [-0.05, 0) is 31.2 Å². The molecule has 15 heavy (non-hydrogen) atoms. The molecule has 1 amide bonds. The van der Waals surface area contributed by atoms with Crippen molar-refractivity contribution in [2.75, 3.05) is 6.61 Å². The lowest BCUT2D eigenvalue weighted by molar-refractivity contribution is -0.130. The Bertz CT molecular complexity index is 317. The van der Waals surface area contributed by atoms with Gasteiger partial charge in [-0.1, -0.05) is 6.07 Å². The Morgan fingerprint density at radius 2 is 2.60 bits per heavy atom. The summed E-state index contributed by atoms with van der Waals surface area (Å²) in [6, 6.07) is 4.11. The Labute approximate surface area is 93.4 Å². The fourth-order valence-electron chi connectivity index (χ4n) is 1.70. The molecular weight excluding hydrogens is 210 g/mol. The van der Waals surface area contributed by atoms with E-state index in [4.69, 9.17) is 4.74 Å². The Kier molecular flexibility index (Phi) is 3.38. The van der Waals surface area contributed by atoms with Gasteiger partial charge < -0.3 is 10.1 Å². The molecule has 2 heterocycles. The monoisotopic (exact) mass is 225 g/mol. The van der Waals surface area contributed by atoms with Gasteiger partial charge in [0.05, 0.1) is 6.04 Å². The highest BCUT2D eigenvalue weighted by atomic mass is 32.1. The molecule has 1 N–H and O–H groups in total. The fourth-order valence-corrected chi connectivity index (χ4v) is 2.43. The number of carbonyl (C=O) groups is 1. The van der Waals surface area contributed by atoms with Crippen LogP contribution in [0.15, 0.2) is 17.5 Å². The summed E-state index contributed by atoms with van der Waals surface area (Å²) in [5.74, 6) is 0.0217. The van der Waals surface area contributed by atoms with Gasteiger partial charge in [-0.2, -0.15) is 0 Å². The molecular formula is C11H15NO2S. The molecule has 1 aliphatic heterocycles. The minimum Gasteiger partial charge on any atom is -0.368 e. The maximum absolute atomic E-state index is 11.7. The van der Waals surface area contributed by atoms with Gasteiger partial charge in [0.15, 0.2) is 0 Å². The first kappa shape index (κ1) is 10.6. The second kappa shape index (κ2) is 4.77. The highest BCUT2D eigenvalue weighted by molar-refractivity contribution is 7.10. The van der Waals surface area contributed by atoms with E-state index >= 15 is 0 Å². The predicted octanol–water partition coefficient (Wildman–Crippen LogP) is 2.10. The average Bonchev–Trinajstić information content (AvgIpc) is 2.91. The first-order chi connectivity index (χ1) is 7.27. The average molecular weight is 225 g/mol. The zero-order chi connectivity index (χ0) is 10.7. The Balaban J connectivity index is 1.88. The summed E-state index contributed by atoms with van der Waals surface area (Å²) in [4.78, 5) is 12.9. The third kappa shape index (κ3) is 2.58. The number of thiophene rings is 1. The second-order valence-corrected chi connectivity index (χ2v) is 4.73. The standard InChI is InChI=1S/C11H15NO2S/c1-8(10-5-3-7-15-10)12-11(13)9-4-2-6-14-9/h3,5,7-9H,2,4,6H2,1H3,(H,12,13)/t8-,9-/m0/s1. The largest absolute Gasteiger partial charge is 0.368 e. The Morgan fingerprint density at radius 1 is 1.73 bits per heavy atom. The van der Waals surface area contributed by atoms with Crippen LogP contribution in [-0.2, 0) is 9.53 Å². The van der Waals surface area contributed by atoms with Crippen molar-refractivity contribution in [3.8, 4) is 0 Å². The molecule has 0 bridgehead atoms. The minimum atomic E-state index is -0.229. The van der Waals surface area contributed by atoms with E-state index in [1.807, 2.05) is 24.4 Å². The quantitative estimate of drug-likeness (QED) is 0.855. The number of carbonyl (C=O) groups excluding carboxylic acids is 1. The van der Waals surface area contributed by atoms with Crippen LogP contribution in [0.1, 0.15) is 30.7 Å². The molecule has 0 aromatic carbocycles. The van der Waals surface area contributed by atoms with Gasteiger partial charge >= 0.3 is 0 Å². The molecule has 0 aliphatic carbocycles. The van der Waals surface area contributed by atoms with Crippen LogP contribution in [0.5, 0.6) is 0 Å². The number of rotatable bonds is 3. The van der Waals surface area contributed by atoms with Gasteiger partial charge in [-0.3, -0.25) is 4.79 Å². The zero-order valence-corrected chi connectivity index (χ0v) is 9.55. The van der Waals surface area contributed by atoms with E-state index in [0.29, 0.717) is 6.61 Å². The second-order valence-electron chi connectivity index (χ2n) is 3.75. The van der Waals surface area contributed by atoms with Gasteiger partial charge in [-0.15, -0.1) is 11.3 Å². The SMILES string of the molecule is C[C@H](NC(=O)[C@@H]1CCCO1)c1cccs1. The molecule has 4 heteroatoms. The van der Waals surface area contributed by atoms with E-state index in [-0.39, 0.29) is 18.1 Å². The Morgan fingerprint density at radius 3 is 3.20 bits per heavy atom. The van der Waals surface area contributed by atoms with Crippen molar-refractivity contribution in [3.63, 3.8) is 0 Å². The van der Waals surface area contributed by atoms with Crippen molar-refractivity contribution in [1.82, 2.24) is 5.32 Å². The lowest BCUT2D eigenvalue weighted by atomic mass is 10.2. The van der Waals surface area contributed by atoms with Crippen molar-refractivity contribution < 1.29 is 9.53 Å². The van der Waals surface area contributed by atoms with Crippen LogP contribution in [-0.4, -0.2) is 18.6 Å². The molecule has 3 nitrogen and oxygen atoms in total. The van der Waals surface area contributed by atoms with Crippen LogP contribution in [0.4, 0.5) is 0 Å². The van der Waals surface area contributed by atoms with Gasteiger partial charge in [0, 0.05) is 11.5 Å². The van der Waals surface area contributed by atoms with Crippen LogP contribution >= 0.6 is 11.3 Å². The van der Waals surface area contributed by atoms with Crippen LogP contribution in [0.25, 0.3) is 0 Å². The number of hydrogen-bond donors (Lipinski definition) is 1. The van der Waals surface area contributed by atoms with E-state index in [0.717, 1.165) is 12.8 Å². The molecule has 1 aromatic rings. The van der Waals surface area contributed by atoms with Crippen molar-refractivity contribution in [3.05, 3.63) is 22.4 Å². The van der Waals surface area contributed by atoms with E-state index in [2.05, 4.69) is 5.32 Å². The van der Waals surface area contributed by atoms with Crippen LogP contribution in [0, 0.1) is 0 Å². The first-order valence-electron chi connectivity index (χ1n) is 5.23. The molecule has 1 aromatic heterocycles. The summed E-state index contributed by atoms with van der Waals surface area (Å²) in [5, 5.41) is 4.99. The topological polar surface area (TPSA) is 38.3 Å². The molecule has 0 saturated carbocycles. The smallest absolute Gasteiger partial charge is 0.249 e. The highest BCUT2D eigenvalue weighted by Crippen LogP contribution is 2.19. The number of amides is 1. The zero-order valence-electron chi connectivity index (χ0n) is 8.73. The van der Waals surface area contributed by atoms with Gasteiger partial charge in [0.1, 0.15) is 6.10 Å². The summed E-state index contributed by atoms with van der Waals surface area (Å²) in [6.07, 6.45) is 1.61. The van der Waals surface area contributed by atoms with Crippen LogP contribution in [0.2, 0.25) is 0 Å². The third-order valence-corrected chi connectivity index (χ3v) is 3.61. The Hall–Kier alpha value is -0.870. The van der Waals surface area contributed by atoms with Crippen molar-refractivity contribution >= 4 is 17.2 Å². The summed E-state index contributed by atoms with van der Waals surface area (Å²) in [5.41, 5.74) is 0. The van der Waals surface area contributed by atoms with Crippen molar-refractivity contribution in [2.24, 2.45) is 0 Å². The minimum absolute atomic E-state index is 0.0217. The van der Waals surface area contributed by atoms with E-state index in [1.54, 1.807) is 11.3 Å².